The van der Waals surface area contributed by atoms with Gasteiger partial charge >= 0.3 is 0 Å². The van der Waals surface area contributed by atoms with Gasteiger partial charge in [-0.3, -0.25) is 0 Å². The Bertz CT molecular complexity index is 600. The van der Waals surface area contributed by atoms with Gasteiger partial charge in [-0.1, -0.05) is 6.92 Å². The molecule has 0 aromatic heterocycles. The fraction of sp³-hybridized carbons (Fsp3) is 1.00. The molecule has 0 radical (unpaired) electrons. The lowest BCUT2D eigenvalue weighted by Crippen LogP contribution is -2.66. The fourth-order valence-corrected chi connectivity index (χ4v) is 4.49. The zero-order chi connectivity index (χ0) is 26.0. The number of rotatable bonds is 8. The molecular formula is C20H36O15. The van der Waals surface area contributed by atoms with Gasteiger partial charge in [-0.15, -0.1) is 0 Å². The van der Waals surface area contributed by atoms with Crippen LogP contribution in [0.25, 0.3) is 0 Å². The SMILES string of the molecule is CC[C@@H]1O[C@H](CO)[C@@H](O[C@@H]2O[C@H](CO)[C@@H](O)[C@H](O)[C@H]2O)[C@H](O)[C@H]1O[C@@H]1O[C@H](CO)[C@@H](O)[C@H](O)[C@H]1O. The molecular weight excluding hydrogens is 480 g/mol. The third kappa shape index (κ3) is 5.79. The predicted octanol–water partition coefficient (Wildman–Crippen LogP) is -6.11. The summed E-state index contributed by atoms with van der Waals surface area (Å²) in [6, 6.07) is 0. The molecule has 3 saturated heterocycles. The monoisotopic (exact) mass is 516 g/mol. The Hall–Kier alpha value is -0.600. The van der Waals surface area contributed by atoms with Crippen LogP contribution in [0, 0.1) is 0 Å². The van der Waals surface area contributed by atoms with Gasteiger partial charge in [0.05, 0.1) is 25.9 Å². The molecule has 0 aromatic carbocycles. The number of hydrogen-bond acceptors (Lipinski definition) is 15. The van der Waals surface area contributed by atoms with Crippen LogP contribution in [-0.2, 0) is 23.7 Å². The first-order chi connectivity index (χ1) is 16.6. The quantitative estimate of drug-likeness (QED) is 0.144. The first-order valence-corrected chi connectivity index (χ1v) is 11.5. The maximum atomic E-state index is 11.1. The summed E-state index contributed by atoms with van der Waals surface area (Å²) in [5.41, 5.74) is 0. The third-order valence-corrected chi connectivity index (χ3v) is 6.62. The molecule has 10 N–H and O–H groups in total. The van der Waals surface area contributed by atoms with Gasteiger partial charge in [0, 0.05) is 0 Å². The minimum atomic E-state index is -1.78. The van der Waals surface area contributed by atoms with Crippen LogP contribution >= 0.6 is 0 Å². The van der Waals surface area contributed by atoms with E-state index in [0.29, 0.717) is 0 Å². The van der Waals surface area contributed by atoms with Gasteiger partial charge in [-0.2, -0.15) is 0 Å². The third-order valence-electron chi connectivity index (χ3n) is 6.62. The van der Waals surface area contributed by atoms with Gasteiger partial charge in [0.2, 0.25) is 0 Å². The summed E-state index contributed by atoms with van der Waals surface area (Å²) in [4.78, 5) is 0. The second kappa shape index (κ2) is 12.3. The highest BCUT2D eigenvalue weighted by Crippen LogP contribution is 2.33. The van der Waals surface area contributed by atoms with Crippen molar-refractivity contribution < 1.29 is 74.7 Å². The molecule has 15 heteroatoms. The van der Waals surface area contributed by atoms with Crippen molar-refractivity contribution in [3.05, 3.63) is 0 Å². The zero-order valence-electron chi connectivity index (χ0n) is 19.0. The summed E-state index contributed by atoms with van der Waals surface area (Å²) in [6.07, 6.45) is -22.1. The van der Waals surface area contributed by atoms with Crippen molar-refractivity contribution >= 4 is 0 Å². The first-order valence-electron chi connectivity index (χ1n) is 11.5. The predicted molar refractivity (Wildman–Crippen MR) is 109 cm³/mol. The van der Waals surface area contributed by atoms with Crippen molar-refractivity contribution in [3.63, 3.8) is 0 Å². The van der Waals surface area contributed by atoms with Crippen LogP contribution in [0.1, 0.15) is 13.3 Å². The Morgan fingerprint density at radius 2 is 0.886 bits per heavy atom. The molecule has 0 amide bonds. The van der Waals surface area contributed by atoms with E-state index in [1.54, 1.807) is 6.92 Å². The van der Waals surface area contributed by atoms with E-state index in [2.05, 4.69) is 0 Å². The Balaban J connectivity index is 1.79. The smallest absolute Gasteiger partial charge is 0.187 e. The highest BCUT2D eigenvalue weighted by molar-refractivity contribution is 4.97. The van der Waals surface area contributed by atoms with E-state index >= 15 is 0 Å². The topological polar surface area (TPSA) is 248 Å². The van der Waals surface area contributed by atoms with E-state index in [9.17, 15) is 51.1 Å². The van der Waals surface area contributed by atoms with E-state index in [1.807, 2.05) is 0 Å². The Kier molecular flexibility index (Phi) is 10.2. The molecule has 15 nitrogen and oxygen atoms in total. The summed E-state index contributed by atoms with van der Waals surface area (Å²) in [6.45, 7) is -0.351. The molecule has 3 rings (SSSR count). The van der Waals surface area contributed by atoms with Crippen LogP contribution in [0.5, 0.6) is 0 Å². The van der Waals surface area contributed by atoms with Crippen LogP contribution in [0.3, 0.4) is 0 Å². The van der Waals surface area contributed by atoms with E-state index < -0.39 is 112 Å². The Morgan fingerprint density at radius 1 is 0.486 bits per heavy atom. The lowest BCUT2D eigenvalue weighted by atomic mass is 9.92. The molecule has 0 saturated carbocycles. The van der Waals surface area contributed by atoms with E-state index in [-0.39, 0.29) is 6.42 Å². The number of aliphatic hydroxyl groups is 10. The fourth-order valence-electron chi connectivity index (χ4n) is 4.49. The van der Waals surface area contributed by atoms with E-state index in [4.69, 9.17) is 23.7 Å². The van der Waals surface area contributed by atoms with Crippen molar-refractivity contribution in [1.82, 2.24) is 0 Å². The molecule has 0 bridgehead atoms. The Morgan fingerprint density at radius 3 is 1.26 bits per heavy atom. The molecule has 0 unspecified atom stereocenters. The largest absolute Gasteiger partial charge is 0.394 e. The number of hydrogen-bond donors (Lipinski definition) is 10. The molecule has 15 atom stereocenters. The summed E-state index contributed by atoms with van der Waals surface area (Å²) in [7, 11) is 0. The minimum absolute atomic E-state index is 0.252. The van der Waals surface area contributed by atoms with Crippen molar-refractivity contribution in [3.8, 4) is 0 Å². The molecule has 0 spiro atoms. The molecule has 206 valence electrons. The molecule has 3 fully saturated rings. The van der Waals surface area contributed by atoms with Gasteiger partial charge in [-0.05, 0) is 6.42 Å². The maximum Gasteiger partial charge on any atom is 0.187 e. The molecule has 0 aromatic rings. The van der Waals surface area contributed by atoms with Crippen molar-refractivity contribution in [1.29, 1.82) is 0 Å². The molecule has 3 heterocycles. The standard InChI is InChI=1S/C20H36O15/c1-2-6-17(34-19-14(28)12(26)10(24)7(3-21)32-19)16(30)18(9(5-23)31-6)35-20-15(29)13(27)11(25)8(4-22)33-20/h6-30H,2-5H2,1H3/t6-,7+,8+,9+,10+,11+,12-,13-,14+,15+,16+,17-,18+,19-,20-/m0/s1. The first kappa shape index (κ1) is 29.0. The number of ether oxygens (including phenoxy) is 5. The molecule has 3 aliphatic heterocycles. The van der Waals surface area contributed by atoms with Gasteiger partial charge < -0.3 is 74.7 Å². The average molecular weight is 516 g/mol. The highest BCUT2D eigenvalue weighted by atomic mass is 16.7. The zero-order valence-corrected chi connectivity index (χ0v) is 19.0. The van der Waals surface area contributed by atoms with Crippen LogP contribution in [0.15, 0.2) is 0 Å². The lowest BCUT2D eigenvalue weighted by Gasteiger charge is -2.48. The van der Waals surface area contributed by atoms with Crippen LogP contribution in [0.4, 0.5) is 0 Å². The van der Waals surface area contributed by atoms with Crippen molar-refractivity contribution in [2.24, 2.45) is 0 Å². The van der Waals surface area contributed by atoms with Crippen molar-refractivity contribution in [2.45, 2.75) is 105 Å². The van der Waals surface area contributed by atoms with Gasteiger partial charge in [-0.25, -0.2) is 0 Å². The second-order valence-electron chi connectivity index (χ2n) is 8.89. The minimum Gasteiger partial charge on any atom is -0.394 e. The average Bonchev–Trinajstić information content (AvgIpc) is 2.86. The van der Waals surface area contributed by atoms with Gasteiger partial charge in [0.1, 0.15) is 73.2 Å². The van der Waals surface area contributed by atoms with E-state index in [0.717, 1.165) is 0 Å². The summed E-state index contributed by atoms with van der Waals surface area (Å²) >= 11 is 0. The van der Waals surface area contributed by atoms with Gasteiger partial charge in [0.25, 0.3) is 0 Å². The van der Waals surface area contributed by atoms with Crippen LogP contribution in [0.2, 0.25) is 0 Å². The summed E-state index contributed by atoms with van der Waals surface area (Å²) in [5, 5.41) is 100. The normalized spacial score (nSPS) is 51.3. The van der Waals surface area contributed by atoms with Gasteiger partial charge in [0.15, 0.2) is 12.6 Å². The van der Waals surface area contributed by atoms with E-state index in [1.165, 1.54) is 0 Å². The maximum absolute atomic E-state index is 11.1. The molecule has 35 heavy (non-hydrogen) atoms. The molecule has 3 aliphatic rings. The number of aliphatic hydroxyl groups excluding tert-OH is 10. The van der Waals surface area contributed by atoms with Crippen LogP contribution in [-0.4, -0.2) is 163 Å². The summed E-state index contributed by atoms with van der Waals surface area (Å²) in [5.74, 6) is 0. The molecule has 0 aliphatic carbocycles. The second-order valence-corrected chi connectivity index (χ2v) is 8.89. The van der Waals surface area contributed by atoms with Crippen molar-refractivity contribution in [2.75, 3.05) is 19.8 Å². The summed E-state index contributed by atoms with van der Waals surface area (Å²) < 4.78 is 27.8. The highest BCUT2D eigenvalue weighted by Gasteiger charge is 2.53. The Labute approximate surface area is 200 Å². The van der Waals surface area contributed by atoms with Crippen LogP contribution < -0.4 is 0 Å². The lowest BCUT2D eigenvalue weighted by molar-refractivity contribution is -0.365.